The molecule has 4 nitrogen and oxygen atoms in total. The fraction of sp³-hybridized carbons (Fsp3) is 0.385. The van der Waals surface area contributed by atoms with Crippen LogP contribution in [0.2, 0.25) is 0 Å². The molecule has 18 heavy (non-hydrogen) atoms. The zero-order chi connectivity index (χ0) is 13.3. The standard InChI is InChI=1S/C13H14FNO3/c1-8-3-2-4-9(10(8)14)11(16)15-7-13(5-6-13)12(17)18/h2-4H,5-7H2,1H3,(H,15,16)(H,17,18). The molecule has 0 bridgehead atoms. The first-order chi connectivity index (χ1) is 8.46. The van der Waals surface area contributed by atoms with Gasteiger partial charge in [0.2, 0.25) is 0 Å². The molecule has 0 spiro atoms. The molecule has 0 radical (unpaired) electrons. The van der Waals surface area contributed by atoms with E-state index in [0.29, 0.717) is 18.4 Å². The Morgan fingerprint density at radius 3 is 2.67 bits per heavy atom. The van der Waals surface area contributed by atoms with Crippen molar-refractivity contribution >= 4 is 11.9 Å². The Hall–Kier alpha value is -1.91. The van der Waals surface area contributed by atoms with Gasteiger partial charge in [-0.05, 0) is 31.4 Å². The van der Waals surface area contributed by atoms with Gasteiger partial charge in [0.15, 0.2) is 0 Å². The predicted octanol–water partition coefficient (Wildman–Crippen LogP) is 1.73. The van der Waals surface area contributed by atoms with Gasteiger partial charge in [-0.3, -0.25) is 9.59 Å². The second-order valence-corrected chi connectivity index (χ2v) is 4.70. The summed E-state index contributed by atoms with van der Waals surface area (Å²) in [6, 6.07) is 4.56. The number of nitrogens with one attached hydrogen (secondary N) is 1. The Morgan fingerprint density at radius 1 is 1.44 bits per heavy atom. The molecule has 0 aliphatic heterocycles. The highest BCUT2D eigenvalue weighted by Crippen LogP contribution is 2.45. The smallest absolute Gasteiger partial charge is 0.311 e. The van der Waals surface area contributed by atoms with E-state index in [2.05, 4.69) is 5.32 Å². The average Bonchev–Trinajstić information content (AvgIpc) is 3.11. The number of halogens is 1. The van der Waals surface area contributed by atoms with Crippen LogP contribution >= 0.6 is 0 Å². The van der Waals surface area contributed by atoms with Crippen LogP contribution in [0.15, 0.2) is 18.2 Å². The quantitative estimate of drug-likeness (QED) is 0.856. The van der Waals surface area contributed by atoms with E-state index in [9.17, 15) is 14.0 Å². The molecule has 1 amide bonds. The first-order valence-electron chi connectivity index (χ1n) is 5.73. The fourth-order valence-corrected chi connectivity index (χ4v) is 1.78. The van der Waals surface area contributed by atoms with Gasteiger partial charge in [0.1, 0.15) is 5.82 Å². The third-order valence-electron chi connectivity index (χ3n) is 3.33. The number of amides is 1. The minimum absolute atomic E-state index is 0.0452. The summed E-state index contributed by atoms with van der Waals surface area (Å²) in [7, 11) is 0. The maximum absolute atomic E-state index is 13.7. The second-order valence-electron chi connectivity index (χ2n) is 4.70. The van der Waals surface area contributed by atoms with Crippen LogP contribution in [0.3, 0.4) is 0 Å². The highest BCUT2D eigenvalue weighted by molar-refractivity contribution is 5.95. The number of carbonyl (C=O) groups excluding carboxylic acids is 1. The lowest BCUT2D eigenvalue weighted by Crippen LogP contribution is -2.34. The van der Waals surface area contributed by atoms with E-state index in [-0.39, 0.29) is 12.1 Å². The number of carboxylic acid groups (broad SMARTS) is 1. The molecule has 0 heterocycles. The van der Waals surface area contributed by atoms with Crippen molar-refractivity contribution in [3.8, 4) is 0 Å². The number of hydrogen-bond donors (Lipinski definition) is 2. The summed E-state index contributed by atoms with van der Waals surface area (Å²) in [5.74, 6) is -2.04. The third-order valence-corrected chi connectivity index (χ3v) is 3.33. The molecule has 1 fully saturated rings. The largest absolute Gasteiger partial charge is 0.481 e. The maximum Gasteiger partial charge on any atom is 0.311 e. The molecule has 1 aromatic carbocycles. The van der Waals surface area contributed by atoms with Gasteiger partial charge in [-0.25, -0.2) is 4.39 Å². The van der Waals surface area contributed by atoms with Gasteiger partial charge in [0, 0.05) is 6.54 Å². The maximum atomic E-state index is 13.7. The molecular weight excluding hydrogens is 237 g/mol. The van der Waals surface area contributed by atoms with Crippen molar-refractivity contribution in [1.29, 1.82) is 0 Å². The number of rotatable bonds is 4. The Morgan fingerprint density at radius 2 is 2.11 bits per heavy atom. The summed E-state index contributed by atoms with van der Waals surface area (Å²) in [6.07, 6.45) is 1.11. The molecular formula is C13H14FNO3. The normalized spacial score (nSPS) is 16.1. The highest BCUT2D eigenvalue weighted by atomic mass is 19.1. The molecule has 2 rings (SSSR count). The van der Waals surface area contributed by atoms with Crippen molar-refractivity contribution in [3.63, 3.8) is 0 Å². The van der Waals surface area contributed by atoms with Gasteiger partial charge >= 0.3 is 5.97 Å². The summed E-state index contributed by atoms with van der Waals surface area (Å²) in [4.78, 5) is 22.7. The van der Waals surface area contributed by atoms with E-state index in [1.165, 1.54) is 6.07 Å². The van der Waals surface area contributed by atoms with Crippen LogP contribution in [0.5, 0.6) is 0 Å². The SMILES string of the molecule is Cc1cccc(C(=O)NCC2(C(=O)O)CC2)c1F. The van der Waals surface area contributed by atoms with Gasteiger partial charge in [-0.1, -0.05) is 12.1 Å². The molecule has 0 atom stereocenters. The van der Waals surface area contributed by atoms with Gasteiger partial charge < -0.3 is 10.4 Å². The lowest BCUT2D eigenvalue weighted by molar-refractivity contribution is -0.143. The topological polar surface area (TPSA) is 66.4 Å². The zero-order valence-electron chi connectivity index (χ0n) is 10.00. The van der Waals surface area contributed by atoms with Crippen molar-refractivity contribution in [3.05, 3.63) is 35.1 Å². The van der Waals surface area contributed by atoms with E-state index in [1.54, 1.807) is 19.1 Å². The van der Waals surface area contributed by atoms with Crippen LogP contribution in [-0.2, 0) is 4.79 Å². The van der Waals surface area contributed by atoms with Crippen molar-refractivity contribution in [2.45, 2.75) is 19.8 Å². The van der Waals surface area contributed by atoms with Gasteiger partial charge in [0.25, 0.3) is 5.91 Å². The van der Waals surface area contributed by atoms with Crippen LogP contribution < -0.4 is 5.32 Å². The zero-order valence-corrected chi connectivity index (χ0v) is 10.00. The number of benzene rings is 1. The summed E-state index contributed by atoms with van der Waals surface area (Å²) < 4.78 is 13.7. The molecule has 5 heteroatoms. The monoisotopic (exact) mass is 251 g/mol. The van der Waals surface area contributed by atoms with Crippen molar-refractivity contribution in [2.75, 3.05) is 6.54 Å². The molecule has 0 unspecified atom stereocenters. The summed E-state index contributed by atoms with van der Waals surface area (Å²) >= 11 is 0. The molecule has 1 aliphatic carbocycles. The number of carboxylic acids is 1. The molecule has 0 saturated heterocycles. The molecule has 1 saturated carbocycles. The van der Waals surface area contributed by atoms with Crippen molar-refractivity contribution < 1.29 is 19.1 Å². The summed E-state index contributed by atoms with van der Waals surface area (Å²) in [5, 5.41) is 11.5. The number of carbonyl (C=O) groups is 2. The fourth-order valence-electron chi connectivity index (χ4n) is 1.78. The Bertz CT molecular complexity index is 509. The Balaban J connectivity index is 2.05. The third kappa shape index (κ3) is 2.20. The average molecular weight is 251 g/mol. The highest BCUT2D eigenvalue weighted by Gasteiger charge is 2.50. The summed E-state index contributed by atoms with van der Waals surface area (Å²) in [6.45, 7) is 1.63. The number of aliphatic carboxylic acids is 1. The lowest BCUT2D eigenvalue weighted by atomic mass is 10.1. The van der Waals surface area contributed by atoms with Gasteiger partial charge in [-0.15, -0.1) is 0 Å². The molecule has 96 valence electrons. The Labute approximate surface area is 104 Å². The predicted molar refractivity (Wildman–Crippen MR) is 62.8 cm³/mol. The van der Waals surface area contributed by atoms with Crippen LogP contribution in [0, 0.1) is 18.2 Å². The van der Waals surface area contributed by atoms with Crippen molar-refractivity contribution in [2.24, 2.45) is 5.41 Å². The second kappa shape index (κ2) is 4.40. The minimum Gasteiger partial charge on any atom is -0.481 e. The first kappa shape index (κ1) is 12.5. The van der Waals surface area contributed by atoms with Crippen LogP contribution in [0.1, 0.15) is 28.8 Å². The van der Waals surface area contributed by atoms with E-state index in [0.717, 1.165) is 0 Å². The van der Waals surface area contributed by atoms with E-state index in [4.69, 9.17) is 5.11 Å². The van der Waals surface area contributed by atoms with E-state index in [1.807, 2.05) is 0 Å². The number of hydrogen-bond acceptors (Lipinski definition) is 2. The van der Waals surface area contributed by atoms with Crippen LogP contribution in [-0.4, -0.2) is 23.5 Å². The Kier molecular flexibility index (Phi) is 3.07. The molecule has 2 N–H and O–H groups in total. The number of aryl methyl sites for hydroxylation is 1. The first-order valence-corrected chi connectivity index (χ1v) is 5.73. The molecule has 1 aliphatic rings. The van der Waals surface area contributed by atoms with E-state index < -0.39 is 23.1 Å². The molecule has 1 aromatic rings. The molecule has 0 aromatic heterocycles. The summed E-state index contributed by atoms with van der Waals surface area (Å²) in [5.41, 5.74) is -0.492. The van der Waals surface area contributed by atoms with Crippen LogP contribution in [0.25, 0.3) is 0 Å². The minimum atomic E-state index is -0.910. The van der Waals surface area contributed by atoms with Gasteiger partial charge in [-0.2, -0.15) is 0 Å². The van der Waals surface area contributed by atoms with E-state index >= 15 is 0 Å². The van der Waals surface area contributed by atoms with Crippen molar-refractivity contribution in [1.82, 2.24) is 5.32 Å². The van der Waals surface area contributed by atoms with Gasteiger partial charge in [0.05, 0.1) is 11.0 Å². The van der Waals surface area contributed by atoms with Crippen LogP contribution in [0.4, 0.5) is 4.39 Å². The lowest BCUT2D eigenvalue weighted by Gasteiger charge is -2.11.